The third-order valence-electron chi connectivity index (χ3n) is 13.9. The maximum Gasteiger partial charge on any atom is 0.265 e. The minimum Gasteiger partial charge on any atom is -0.311 e. The van der Waals surface area contributed by atoms with E-state index in [1.54, 1.807) is 11.3 Å². The largest absolute Gasteiger partial charge is 0.311 e. The fourth-order valence-corrected chi connectivity index (χ4v) is 12.4. The van der Waals surface area contributed by atoms with E-state index < -0.39 is 6.04 Å². The summed E-state index contributed by atoms with van der Waals surface area (Å²) in [4.78, 5) is 4.96. The van der Waals surface area contributed by atoms with Crippen molar-refractivity contribution in [1.29, 1.82) is 0 Å². The zero-order valence-electron chi connectivity index (χ0n) is 41.0. The number of rotatable bonds is 4. The molecule has 2 aliphatic heterocycles. The molecular weight excluding hydrogens is 806 g/mol. The fourth-order valence-electron chi connectivity index (χ4n) is 11.1. The number of benzene rings is 9. The van der Waals surface area contributed by atoms with E-state index in [1.807, 2.05) is 6.07 Å². The van der Waals surface area contributed by atoms with Gasteiger partial charge in [0.2, 0.25) is 0 Å². The maximum absolute atomic E-state index is 9.09. The number of fused-ring (bicyclic) bond motifs is 13. The number of nitrogens with zero attached hydrogens (tertiary/aromatic N) is 3. The summed E-state index contributed by atoms with van der Waals surface area (Å²) in [5.41, 5.74) is 16.6. The van der Waals surface area contributed by atoms with Gasteiger partial charge in [-0.15, -0.1) is 11.3 Å². The molecule has 0 radical (unpaired) electrons. The van der Waals surface area contributed by atoms with Crippen LogP contribution in [-0.4, -0.2) is 11.1 Å². The summed E-state index contributed by atoms with van der Waals surface area (Å²) in [5, 5.41) is 5.83. The number of para-hydroxylation sites is 3. The summed E-state index contributed by atoms with van der Waals surface area (Å²) in [6.07, 6.45) is 0. The third-order valence-corrected chi connectivity index (χ3v) is 15.1. The van der Waals surface area contributed by atoms with Gasteiger partial charge in [0.25, 0.3) is 6.71 Å². The highest BCUT2D eigenvalue weighted by Crippen LogP contribution is 2.52. The Hall–Kier alpha value is -7.60. The molecule has 65 heavy (non-hydrogen) atoms. The lowest BCUT2D eigenvalue weighted by molar-refractivity contribution is 0.590. The Labute approximate surface area is 389 Å². The molecule has 0 fully saturated rings. The molecule has 0 amide bonds. The first kappa shape index (κ1) is 32.1. The number of hydrogen-bond acceptors (Lipinski definition) is 3. The summed E-state index contributed by atoms with van der Waals surface area (Å²) in [5.74, 6) is 0. The van der Waals surface area contributed by atoms with E-state index in [0.717, 1.165) is 55.3 Å². The summed E-state index contributed by atoms with van der Waals surface area (Å²) in [6.45, 7) is 6.57. The van der Waals surface area contributed by atoms with Crippen LogP contribution in [0.1, 0.15) is 33.2 Å². The summed E-state index contributed by atoms with van der Waals surface area (Å²) in [6, 6.07) is 59.8. The predicted octanol–water partition coefficient (Wildman–Crippen LogP) is 14.8. The molecule has 9 aromatic carbocycles. The van der Waals surface area contributed by atoms with Crippen LogP contribution in [0.4, 0.5) is 34.1 Å². The normalized spacial score (nSPS) is 14.4. The lowest BCUT2D eigenvalue weighted by atomic mass is 9.35. The first-order valence-electron chi connectivity index (χ1n) is 24.8. The number of aromatic nitrogens is 1. The van der Waals surface area contributed by atoms with E-state index in [2.05, 4.69) is 199 Å². The first-order chi connectivity index (χ1) is 34.0. The molecule has 306 valence electrons. The van der Waals surface area contributed by atoms with Crippen molar-refractivity contribution in [1.82, 2.24) is 4.40 Å². The van der Waals surface area contributed by atoms with Gasteiger partial charge in [0.05, 0.1) is 34.8 Å². The Balaban J connectivity index is 1.16. The van der Waals surface area contributed by atoms with Gasteiger partial charge in [-0.25, -0.2) is 0 Å². The van der Waals surface area contributed by atoms with Crippen LogP contribution in [0.3, 0.4) is 0 Å². The van der Waals surface area contributed by atoms with Gasteiger partial charge in [-0.05, 0) is 105 Å². The minimum atomic E-state index is -0.401. The highest BCUT2D eigenvalue weighted by atomic mass is 32.1. The second-order valence-electron chi connectivity index (χ2n) is 18.5. The van der Waals surface area contributed by atoms with Crippen LogP contribution in [-0.2, 0) is 5.41 Å². The van der Waals surface area contributed by atoms with Gasteiger partial charge in [0.15, 0.2) is 0 Å². The van der Waals surface area contributed by atoms with E-state index in [1.165, 1.54) is 59.4 Å². The molecule has 0 saturated heterocycles. The van der Waals surface area contributed by atoms with Gasteiger partial charge in [-0.2, -0.15) is 0 Å². The summed E-state index contributed by atoms with van der Waals surface area (Å²) < 4.78 is 48.6. The fraction of sp³-hybridized carbons (Fsp3) is 0.0667. The smallest absolute Gasteiger partial charge is 0.265 e. The molecule has 0 N–H and O–H groups in total. The number of thiophene rings is 1. The second kappa shape index (κ2) is 13.5. The molecule has 0 aliphatic carbocycles. The van der Waals surface area contributed by atoms with Crippen molar-refractivity contribution < 1.29 is 6.85 Å². The van der Waals surface area contributed by atoms with Crippen molar-refractivity contribution >= 4 is 116 Å². The van der Waals surface area contributed by atoms with Crippen molar-refractivity contribution in [3.05, 3.63) is 206 Å². The molecule has 0 bridgehead atoms. The van der Waals surface area contributed by atoms with Crippen LogP contribution in [0.25, 0.3) is 70.4 Å². The standard InChI is InChI=1S/C60H42BN3S/c1-60(2,3)40-31-32-49(44(35-40)38-20-9-5-10-21-38)64-51-29-17-28-50-55(51)61(59-58(64)46-34-39(30-33-53(46)65-59)37-18-7-4-8-19-37)56-52(62(50)41-22-11-6-12-23-41)36-45-42-24-13-15-26-47(42)63-48-27-16-14-25-43(48)54(56)57(45)63/h4-36H,1-3H3/i4D,7D,8D,18D,19D. The SMILES string of the molecule is [2H]c1c([2H])c([2H])c(-c2ccc3sc4c(c3c2)N(c2ccc(C(C)(C)C)cc2-c2ccccc2)c2cccc3c2B4c2c(cc4c5ccccc5n5c6ccccc6c2c45)N3c2ccccc2)c([2H])c1[2H]. The van der Waals surface area contributed by atoms with Crippen LogP contribution in [0.5, 0.6) is 0 Å². The molecule has 14 rings (SSSR count). The Bertz CT molecular complexity index is 4170. The van der Waals surface area contributed by atoms with Crippen LogP contribution < -0.4 is 25.5 Å². The van der Waals surface area contributed by atoms with Crippen LogP contribution in [0, 0.1) is 0 Å². The van der Waals surface area contributed by atoms with Crippen LogP contribution in [0.2, 0.25) is 0 Å². The zero-order valence-corrected chi connectivity index (χ0v) is 36.8. The third kappa shape index (κ3) is 5.13. The molecule has 0 saturated carbocycles. The second-order valence-corrected chi connectivity index (χ2v) is 19.6. The van der Waals surface area contributed by atoms with E-state index in [9.17, 15) is 0 Å². The Morgan fingerprint density at radius 1 is 0.508 bits per heavy atom. The quantitative estimate of drug-likeness (QED) is 0.163. The number of anilines is 6. The van der Waals surface area contributed by atoms with Gasteiger partial charge in [-0.1, -0.05) is 154 Å². The molecule has 12 aromatic rings. The van der Waals surface area contributed by atoms with Crippen molar-refractivity contribution in [2.45, 2.75) is 26.2 Å². The van der Waals surface area contributed by atoms with Gasteiger partial charge >= 0.3 is 0 Å². The van der Waals surface area contributed by atoms with E-state index in [0.29, 0.717) is 5.56 Å². The Kier molecular flexibility index (Phi) is 6.65. The van der Waals surface area contributed by atoms with Crippen molar-refractivity contribution in [2.24, 2.45) is 0 Å². The highest BCUT2D eigenvalue weighted by molar-refractivity contribution is 7.34. The molecule has 3 aromatic heterocycles. The minimum absolute atomic E-state index is 0.118. The lowest BCUT2D eigenvalue weighted by Crippen LogP contribution is -2.60. The molecule has 0 unspecified atom stereocenters. The predicted molar refractivity (Wildman–Crippen MR) is 280 cm³/mol. The van der Waals surface area contributed by atoms with E-state index in [4.69, 9.17) is 6.85 Å². The average Bonchev–Trinajstić information content (AvgIpc) is 4.05. The van der Waals surface area contributed by atoms with Gasteiger partial charge in [0.1, 0.15) is 0 Å². The molecule has 0 spiro atoms. The van der Waals surface area contributed by atoms with Gasteiger partial charge in [0, 0.05) is 64.7 Å². The van der Waals surface area contributed by atoms with Crippen molar-refractivity contribution in [3.63, 3.8) is 0 Å². The number of hydrogen-bond donors (Lipinski definition) is 0. The van der Waals surface area contributed by atoms with Crippen molar-refractivity contribution in [2.75, 3.05) is 9.80 Å². The molecule has 5 heteroatoms. The van der Waals surface area contributed by atoms with E-state index >= 15 is 0 Å². The average molecular weight is 853 g/mol. The van der Waals surface area contributed by atoms with E-state index in [-0.39, 0.29) is 41.9 Å². The Morgan fingerprint density at radius 2 is 1.20 bits per heavy atom. The topological polar surface area (TPSA) is 10.9 Å². The summed E-state index contributed by atoms with van der Waals surface area (Å²) >= 11 is 1.79. The molecule has 5 heterocycles. The molecular formula is C60H42BN3S. The molecule has 2 aliphatic rings. The first-order valence-corrected chi connectivity index (χ1v) is 23.1. The lowest BCUT2D eigenvalue weighted by Gasteiger charge is -2.43. The molecule has 3 nitrogen and oxygen atoms in total. The monoisotopic (exact) mass is 852 g/mol. The zero-order chi connectivity index (χ0) is 47.5. The molecule has 0 atom stereocenters. The van der Waals surface area contributed by atoms with Crippen molar-refractivity contribution in [3.8, 4) is 22.3 Å². The van der Waals surface area contributed by atoms with Gasteiger partial charge < -0.3 is 14.2 Å². The highest BCUT2D eigenvalue weighted by Gasteiger charge is 2.47. The van der Waals surface area contributed by atoms with Gasteiger partial charge in [-0.3, -0.25) is 0 Å². The maximum atomic E-state index is 9.09. The Morgan fingerprint density at radius 3 is 1.97 bits per heavy atom. The van der Waals surface area contributed by atoms with Crippen LogP contribution in [0.15, 0.2) is 200 Å². The summed E-state index contributed by atoms with van der Waals surface area (Å²) in [7, 11) is 0. The van der Waals surface area contributed by atoms with Crippen LogP contribution >= 0.6 is 11.3 Å².